The number of nitrogens with zero attached hydrogens (tertiary/aromatic N) is 8. The van der Waals surface area contributed by atoms with Crippen molar-refractivity contribution in [2.75, 3.05) is 25.0 Å². The number of aryl methyl sites for hydroxylation is 3. The first-order valence-electron chi connectivity index (χ1n) is 15.9. The lowest BCUT2D eigenvalue weighted by molar-refractivity contribution is -0.138. The van der Waals surface area contributed by atoms with Crippen LogP contribution in [0, 0.1) is 31.6 Å². The molecular formula is C34H38BrN9O3. The van der Waals surface area contributed by atoms with E-state index in [1.807, 2.05) is 32.9 Å². The fourth-order valence-electron chi connectivity index (χ4n) is 7.65. The number of aromatic nitrogens is 6. The molecule has 1 aliphatic carbocycles. The van der Waals surface area contributed by atoms with E-state index in [1.54, 1.807) is 28.0 Å². The molecule has 3 atom stereocenters. The number of Topliss-reactive ketones (excluding diaryl/α,β-unsaturated/α-hetero) is 1. The largest absolute Gasteiger partial charge is 0.325 e. The Hall–Kier alpha value is -4.10. The highest BCUT2D eigenvalue weighted by Gasteiger charge is 2.68. The monoisotopic (exact) mass is 699 g/mol. The second-order valence-corrected chi connectivity index (χ2v) is 15.1. The minimum absolute atomic E-state index is 0.0486. The Morgan fingerprint density at radius 3 is 2.45 bits per heavy atom. The summed E-state index contributed by atoms with van der Waals surface area (Å²) in [7, 11) is 0. The number of halogens is 1. The number of nitrogens with one attached hydrogen (secondary N) is 1. The Morgan fingerprint density at radius 1 is 1.04 bits per heavy atom. The van der Waals surface area contributed by atoms with Gasteiger partial charge in [-0.25, -0.2) is 15.0 Å². The maximum absolute atomic E-state index is 14.3. The highest BCUT2D eigenvalue weighted by atomic mass is 79.9. The number of carbonyl (C=O) groups is 3. The van der Waals surface area contributed by atoms with Crippen molar-refractivity contribution in [3.8, 4) is 11.3 Å². The van der Waals surface area contributed by atoms with Crippen LogP contribution in [0.25, 0.3) is 22.2 Å². The van der Waals surface area contributed by atoms with Gasteiger partial charge in [0.15, 0.2) is 5.78 Å². The molecule has 3 aliphatic rings. The number of piperidine rings is 1. The van der Waals surface area contributed by atoms with Gasteiger partial charge in [-0.1, -0.05) is 19.9 Å². The summed E-state index contributed by atoms with van der Waals surface area (Å²) >= 11 is 3.40. The molecule has 0 aromatic carbocycles. The van der Waals surface area contributed by atoms with Crippen molar-refractivity contribution in [1.82, 2.24) is 39.5 Å². The number of hydrogen-bond donors (Lipinski definition) is 1. The molecule has 3 fully saturated rings. The third-order valence-corrected chi connectivity index (χ3v) is 10.2. The number of anilines is 1. The van der Waals surface area contributed by atoms with Crippen molar-refractivity contribution < 1.29 is 14.4 Å². The molecule has 2 saturated heterocycles. The maximum Gasteiger partial charge on any atom is 0.248 e. The van der Waals surface area contributed by atoms with E-state index in [0.29, 0.717) is 45.0 Å². The standard InChI is InChI=1S/C34H38BrN9O3/c1-18-7-8-27(35)39-31(18)40-32(47)25-10-34(17-42-15-33(5,6)16-42)11-26(34)44(25)28(46)14-43-30-19(2)38-24(22-12-36-21(4)37-13-22)9-23(30)29(41-43)20(3)45/h7-9,12-13,25-26H,10-11,14-17H2,1-6H3,(H,39,40,47)/t25-,26+,34-/m0/s1. The predicted octanol–water partition coefficient (Wildman–Crippen LogP) is 4.51. The van der Waals surface area contributed by atoms with E-state index in [2.05, 4.69) is 60.0 Å². The van der Waals surface area contributed by atoms with Crippen molar-refractivity contribution >= 4 is 50.2 Å². The summed E-state index contributed by atoms with van der Waals surface area (Å²) in [5.74, 6) is 0.434. The molecule has 244 valence electrons. The van der Waals surface area contributed by atoms with Gasteiger partial charge < -0.3 is 15.1 Å². The summed E-state index contributed by atoms with van der Waals surface area (Å²) in [5, 5.41) is 8.25. The van der Waals surface area contributed by atoms with Gasteiger partial charge in [0.25, 0.3) is 0 Å². The van der Waals surface area contributed by atoms with Crippen LogP contribution in [0.2, 0.25) is 0 Å². The van der Waals surface area contributed by atoms with Crippen LogP contribution in [0.5, 0.6) is 0 Å². The molecule has 0 unspecified atom stereocenters. The quantitative estimate of drug-likeness (QED) is 0.208. The molecule has 12 nitrogen and oxygen atoms in total. The molecule has 2 aliphatic heterocycles. The Bertz CT molecular complexity index is 1950. The molecule has 6 heterocycles. The van der Waals surface area contributed by atoms with Crippen molar-refractivity contribution in [1.29, 1.82) is 0 Å². The van der Waals surface area contributed by atoms with Crippen LogP contribution in [0.4, 0.5) is 5.82 Å². The number of pyridine rings is 2. The summed E-state index contributed by atoms with van der Waals surface area (Å²) in [4.78, 5) is 63.1. The topological polar surface area (TPSA) is 139 Å². The average molecular weight is 701 g/mol. The van der Waals surface area contributed by atoms with Crippen LogP contribution < -0.4 is 5.32 Å². The van der Waals surface area contributed by atoms with Crippen LogP contribution in [0.3, 0.4) is 0 Å². The molecule has 1 N–H and O–H groups in total. The molecule has 2 amide bonds. The molecule has 0 spiro atoms. The van der Waals surface area contributed by atoms with Crippen LogP contribution >= 0.6 is 15.9 Å². The normalized spacial score (nSPS) is 23.0. The smallest absolute Gasteiger partial charge is 0.248 e. The van der Waals surface area contributed by atoms with E-state index < -0.39 is 6.04 Å². The van der Waals surface area contributed by atoms with Gasteiger partial charge in [-0.2, -0.15) is 5.10 Å². The van der Waals surface area contributed by atoms with Gasteiger partial charge in [0.05, 0.1) is 16.9 Å². The zero-order valence-corrected chi connectivity index (χ0v) is 29.1. The molecule has 1 saturated carbocycles. The third-order valence-electron chi connectivity index (χ3n) is 9.75. The van der Waals surface area contributed by atoms with Crippen LogP contribution in [0.15, 0.2) is 35.2 Å². The van der Waals surface area contributed by atoms with Crippen molar-refractivity contribution in [3.05, 3.63) is 58.0 Å². The van der Waals surface area contributed by atoms with E-state index in [0.717, 1.165) is 37.2 Å². The van der Waals surface area contributed by atoms with E-state index in [9.17, 15) is 14.4 Å². The number of carbonyl (C=O) groups excluding carboxylic acids is 3. The lowest BCUT2D eigenvalue weighted by atomic mass is 9.83. The first-order valence-corrected chi connectivity index (χ1v) is 16.7. The summed E-state index contributed by atoms with van der Waals surface area (Å²) in [6, 6.07) is 4.82. The molecule has 0 bridgehead atoms. The van der Waals surface area contributed by atoms with E-state index >= 15 is 0 Å². The molecule has 0 radical (unpaired) electrons. The highest BCUT2D eigenvalue weighted by Crippen LogP contribution is 2.60. The van der Waals surface area contributed by atoms with Crippen LogP contribution in [-0.2, 0) is 16.1 Å². The van der Waals surface area contributed by atoms with Gasteiger partial charge in [0.1, 0.15) is 34.5 Å². The second kappa shape index (κ2) is 11.3. The minimum atomic E-state index is -0.655. The van der Waals surface area contributed by atoms with E-state index in [4.69, 9.17) is 4.98 Å². The molecule has 13 heteroatoms. The summed E-state index contributed by atoms with van der Waals surface area (Å²) in [6.45, 7) is 14.3. The maximum atomic E-state index is 14.3. The van der Waals surface area contributed by atoms with Crippen LogP contribution in [0.1, 0.15) is 61.2 Å². The summed E-state index contributed by atoms with van der Waals surface area (Å²) < 4.78 is 2.19. The van der Waals surface area contributed by atoms with Crippen molar-refractivity contribution in [3.63, 3.8) is 0 Å². The van der Waals surface area contributed by atoms with E-state index in [1.165, 1.54) is 6.92 Å². The molecule has 47 heavy (non-hydrogen) atoms. The van der Waals surface area contributed by atoms with Gasteiger partial charge in [0.2, 0.25) is 11.8 Å². The first kappa shape index (κ1) is 31.5. The fraction of sp³-hybridized carbons (Fsp3) is 0.471. The number of ketones is 1. The molecular weight excluding hydrogens is 662 g/mol. The van der Waals surface area contributed by atoms with Crippen molar-refractivity contribution in [2.24, 2.45) is 10.8 Å². The Labute approximate surface area is 281 Å². The van der Waals surface area contributed by atoms with Crippen LogP contribution in [-0.4, -0.2) is 88.8 Å². The lowest BCUT2D eigenvalue weighted by Gasteiger charge is -2.47. The molecule has 4 aromatic heterocycles. The first-order chi connectivity index (χ1) is 22.2. The Balaban J connectivity index is 1.20. The van der Waals surface area contributed by atoms with Gasteiger partial charge in [0, 0.05) is 61.4 Å². The Kier molecular flexibility index (Phi) is 7.55. The average Bonchev–Trinajstić information content (AvgIpc) is 3.38. The van der Waals surface area contributed by atoms with Gasteiger partial charge in [-0.3, -0.25) is 24.0 Å². The highest BCUT2D eigenvalue weighted by molar-refractivity contribution is 9.10. The molecule has 4 aromatic rings. The van der Waals surface area contributed by atoms with Crippen molar-refractivity contribution in [2.45, 2.75) is 73.0 Å². The molecule has 7 rings (SSSR count). The Morgan fingerprint density at radius 2 is 1.77 bits per heavy atom. The SMILES string of the molecule is CC(=O)c1nn(CC(=O)N2[C@H](C(=O)Nc3nc(Br)ccc3C)C[C@@]3(CN4CC(C)(C)C4)C[C@@H]23)c2c(C)nc(-c3cnc(C)nc3)cc12. The lowest BCUT2D eigenvalue weighted by Crippen LogP contribution is -2.54. The van der Waals surface area contributed by atoms with Gasteiger partial charge in [-0.05, 0) is 72.7 Å². The number of likely N-dealkylation sites (tertiary alicyclic amines) is 2. The zero-order chi connectivity index (χ0) is 33.4. The summed E-state index contributed by atoms with van der Waals surface area (Å²) in [5.41, 5.74) is 3.82. The zero-order valence-electron chi connectivity index (χ0n) is 27.5. The number of amides is 2. The number of hydrogen-bond acceptors (Lipinski definition) is 9. The van der Waals surface area contributed by atoms with Gasteiger partial charge in [-0.15, -0.1) is 0 Å². The van der Waals surface area contributed by atoms with Gasteiger partial charge >= 0.3 is 0 Å². The second-order valence-electron chi connectivity index (χ2n) is 14.3. The fourth-order valence-corrected chi connectivity index (χ4v) is 7.96. The van der Waals surface area contributed by atoms with E-state index in [-0.39, 0.29) is 46.7 Å². The predicted molar refractivity (Wildman–Crippen MR) is 180 cm³/mol. The number of fused-ring (bicyclic) bond motifs is 2. The minimum Gasteiger partial charge on any atom is -0.325 e. The number of rotatable bonds is 8. The summed E-state index contributed by atoms with van der Waals surface area (Å²) in [6.07, 6.45) is 4.84. The third kappa shape index (κ3) is 5.73.